The number of hydrogen-bond donors (Lipinski definition) is 4. The lowest BCUT2D eigenvalue weighted by atomic mass is 9.83. The lowest BCUT2D eigenvalue weighted by Gasteiger charge is -2.37. The van der Waals surface area contributed by atoms with Crippen LogP contribution >= 0.6 is 0 Å². The van der Waals surface area contributed by atoms with Crippen LogP contribution in [0.5, 0.6) is 0 Å². The highest BCUT2D eigenvalue weighted by atomic mass is 16.6. The van der Waals surface area contributed by atoms with Gasteiger partial charge in [0.05, 0.1) is 18.2 Å². The molecular formula is C34H55N5O8. The standard InChI is InChI=1S/C34H55N5O8/c1-10-16-35-27(41)22(40)18-36-28(42)25-21-17-34(8,9)46-23(21)19-39(25)29(43)24(20-14-12-11-13-15-20)37-31(45)38-26(32(2,3)4)30(44)47-33(5,6)7/h10,20-21,23-26H,1,11-19H2,2-9H3,(H,35,41)(H,36,42)(H2,37,38,45)/t21-,23-,24-,25-,26+/m0/s1. The average molecular weight is 662 g/mol. The lowest BCUT2D eigenvalue weighted by molar-refractivity contribution is -0.160. The van der Waals surface area contributed by atoms with Gasteiger partial charge in [0.15, 0.2) is 0 Å². The minimum atomic E-state index is -0.995. The van der Waals surface area contributed by atoms with E-state index in [0.29, 0.717) is 19.3 Å². The first kappa shape index (κ1) is 38.0. The van der Waals surface area contributed by atoms with Crippen molar-refractivity contribution in [1.82, 2.24) is 26.2 Å². The molecular weight excluding hydrogens is 606 g/mol. The average Bonchev–Trinajstić information content (AvgIpc) is 3.45. The van der Waals surface area contributed by atoms with Crippen LogP contribution in [0, 0.1) is 17.3 Å². The molecule has 2 heterocycles. The number of hydrogen-bond acceptors (Lipinski definition) is 8. The first-order chi connectivity index (χ1) is 21.7. The monoisotopic (exact) mass is 661 g/mol. The molecule has 0 bridgehead atoms. The molecule has 3 rings (SSSR count). The van der Waals surface area contributed by atoms with E-state index in [2.05, 4.69) is 27.8 Å². The molecule has 1 saturated carbocycles. The molecule has 3 fully saturated rings. The van der Waals surface area contributed by atoms with E-state index in [4.69, 9.17) is 9.47 Å². The number of urea groups is 1. The van der Waals surface area contributed by atoms with Crippen LogP contribution in [0.25, 0.3) is 0 Å². The fourth-order valence-corrected chi connectivity index (χ4v) is 6.78. The van der Waals surface area contributed by atoms with Crippen molar-refractivity contribution in [3.63, 3.8) is 0 Å². The van der Waals surface area contributed by atoms with Gasteiger partial charge in [-0.25, -0.2) is 9.59 Å². The molecule has 0 unspecified atom stereocenters. The number of ketones is 1. The van der Waals surface area contributed by atoms with Crippen molar-refractivity contribution < 1.29 is 38.2 Å². The second-order valence-corrected chi connectivity index (χ2v) is 15.7. The molecule has 13 heteroatoms. The van der Waals surface area contributed by atoms with Crippen molar-refractivity contribution in [2.75, 3.05) is 19.6 Å². The zero-order valence-corrected chi connectivity index (χ0v) is 29.3. The number of ether oxygens (including phenoxy) is 2. The van der Waals surface area contributed by atoms with Gasteiger partial charge in [-0.1, -0.05) is 46.1 Å². The second-order valence-electron chi connectivity index (χ2n) is 15.7. The third-order valence-corrected chi connectivity index (χ3v) is 8.89. The number of carbonyl (C=O) groups is 6. The van der Waals surface area contributed by atoms with Crippen molar-refractivity contribution in [1.29, 1.82) is 0 Å². The van der Waals surface area contributed by atoms with Crippen LogP contribution in [0.15, 0.2) is 12.7 Å². The van der Waals surface area contributed by atoms with Crippen LogP contribution in [-0.4, -0.2) is 95.5 Å². The van der Waals surface area contributed by atoms with Crippen LogP contribution < -0.4 is 21.3 Å². The molecule has 47 heavy (non-hydrogen) atoms. The number of likely N-dealkylation sites (tertiary alicyclic amines) is 1. The van der Waals surface area contributed by atoms with Gasteiger partial charge in [-0.15, -0.1) is 6.58 Å². The van der Waals surface area contributed by atoms with Gasteiger partial charge in [0.2, 0.25) is 17.6 Å². The molecule has 5 amide bonds. The summed E-state index contributed by atoms with van der Waals surface area (Å²) in [6, 6.07) is -3.62. The number of nitrogens with zero attached hydrogens (tertiary/aromatic N) is 1. The van der Waals surface area contributed by atoms with Crippen molar-refractivity contribution in [2.24, 2.45) is 17.3 Å². The van der Waals surface area contributed by atoms with E-state index in [1.807, 2.05) is 34.6 Å². The van der Waals surface area contributed by atoms with E-state index >= 15 is 0 Å². The molecule has 0 aromatic rings. The van der Waals surface area contributed by atoms with E-state index in [0.717, 1.165) is 19.3 Å². The Morgan fingerprint density at radius 1 is 0.979 bits per heavy atom. The largest absolute Gasteiger partial charge is 0.458 e. The summed E-state index contributed by atoms with van der Waals surface area (Å²) in [5, 5.41) is 10.6. The maximum Gasteiger partial charge on any atom is 0.329 e. The normalized spacial score (nSPS) is 23.9. The molecule has 13 nitrogen and oxygen atoms in total. The van der Waals surface area contributed by atoms with Crippen LogP contribution in [0.1, 0.15) is 93.9 Å². The maximum atomic E-state index is 14.5. The van der Waals surface area contributed by atoms with E-state index in [9.17, 15) is 28.8 Å². The van der Waals surface area contributed by atoms with Gasteiger partial charge in [-0.2, -0.15) is 0 Å². The molecule has 0 radical (unpaired) electrons. The fourth-order valence-electron chi connectivity index (χ4n) is 6.78. The molecule has 2 aliphatic heterocycles. The number of Topliss-reactive ketones (excluding diaryl/α,β-unsaturated/α-hetero) is 1. The third kappa shape index (κ3) is 10.3. The van der Waals surface area contributed by atoms with Gasteiger partial charge < -0.3 is 35.6 Å². The topological polar surface area (TPSA) is 172 Å². The molecule has 0 aromatic carbocycles. The van der Waals surface area contributed by atoms with E-state index in [1.165, 1.54) is 11.0 Å². The summed E-state index contributed by atoms with van der Waals surface area (Å²) in [5.41, 5.74) is -1.98. The smallest absolute Gasteiger partial charge is 0.329 e. The van der Waals surface area contributed by atoms with Crippen molar-refractivity contribution >= 4 is 35.5 Å². The van der Waals surface area contributed by atoms with Gasteiger partial charge in [-0.05, 0) is 65.2 Å². The number of fused-ring (bicyclic) bond motifs is 1. The Kier molecular flexibility index (Phi) is 12.3. The Morgan fingerprint density at radius 2 is 1.62 bits per heavy atom. The van der Waals surface area contributed by atoms with E-state index < -0.39 is 82.9 Å². The Balaban J connectivity index is 1.85. The molecule has 2 saturated heterocycles. The highest BCUT2D eigenvalue weighted by molar-refractivity contribution is 6.37. The van der Waals surface area contributed by atoms with Gasteiger partial charge >= 0.3 is 12.0 Å². The molecule has 264 valence electrons. The lowest BCUT2D eigenvalue weighted by Crippen LogP contribution is -2.61. The predicted octanol–water partition coefficient (Wildman–Crippen LogP) is 2.37. The van der Waals surface area contributed by atoms with Crippen molar-refractivity contribution in [3.8, 4) is 0 Å². The zero-order chi connectivity index (χ0) is 35.3. The summed E-state index contributed by atoms with van der Waals surface area (Å²) in [4.78, 5) is 80.8. The van der Waals surface area contributed by atoms with Crippen LogP contribution in [-0.2, 0) is 33.4 Å². The number of nitrogens with one attached hydrogen (secondary N) is 4. The van der Waals surface area contributed by atoms with Crippen LogP contribution in [0.4, 0.5) is 4.79 Å². The number of carbonyl (C=O) groups excluding carboxylic acids is 6. The number of amides is 5. The van der Waals surface area contributed by atoms with Crippen LogP contribution in [0.2, 0.25) is 0 Å². The Labute approximate surface area is 278 Å². The molecule has 4 N–H and O–H groups in total. The first-order valence-electron chi connectivity index (χ1n) is 16.7. The Hall–Kier alpha value is -3.48. The summed E-state index contributed by atoms with van der Waals surface area (Å²) < 4.78 is 11.8. The minimum Gasteiger partial charge on any atom is -0.458 e. The zero-order valence-electron chi connectivity index (χ0n) is 29.3. The van der Waals surface area contributed by atoms with Crippen LogP contribution in [0.3, 0.4) is 0 Å². The third-order valence-electron chi connectivity index (χ3n) is 8.89. The van der Waals surface area contributed by atoms with Gasteiger partial charge in [0.25, 0.3) is 5.91 Å². The first-order valence-corrected chi connectivity index (χ1v) is 16.7. The van der Waals surface area contributed by atoms with Gasteiger partial charge in [0, 0.05) is 19.0 Å². The predicted molar refractivity (Wildman–Crippen MR) is 175 cm³/mol. The Morgan fingerprint density at radius 3 is 2.19 bits per heavy atom. The van der Waals surface area contributed by atoms with Crippen molar-refractivity contribution in [3.05, 3.63) is 12.7 Å². The van der Waals surface area contributed by atoms with Crippen molar-refractivity contribution in [2.45, 2.75) is 129 Å². The second kappa shape index (κ2) is 15.2. The fraction of sp³-hybridized carbons (Fsp3) is 0.765. The summed E-state index contributed by atoms with van der Waals surface area (Å²) in [6.07, 6.45) is 5.73. The van der Waals surface area contributed by atoms with E-state index in [1.54, 1.807) is 20.8 Å². The molecule has 1 aliphatic carbocycles. The van der Waals surface area contributed by atoms with E-state index in [-0.39, 0.29) is 24.9 Å². The minimum absolute atomic E-state index is 0.108. The van der Waals surface area contributed by atoms with Gasteiger partial charge in [0.1, 0.15) is 23.7 Å². The quantitative estimate of drug-likeness (QED) is 0.148. The Bertz CT molecular complexity index is 1210. The molecule has 5 atom stereocenters. The molecule has 0 spiro atoms. The molecule has 0 aromatic heterocycles. The maximum absolute atomic E-state index is 14.5. The highest BCUT2D eigenvalue weighted by Gasteiger charge is 2.56. The molecule has 3 aliphatic rings. The number of esters is 1. The summed E-state index contributed by atoms with van der Waals surface area (Å²) in [5.74, 6) is -3.79. The summed E-state index contributed by atoms with van der Waals surface area (Å²) in [7, 11) is 0. The van der Waals surface area contributed by atoms with Gasteiger partial charge in [-0.3, -0.25) is 19.2 Å². The number of rotatable bonds is 11. The summed E-state index contributed by atoms with van der Waals surface area (Å²) in [6.45, 7) is 17.7. The highest BCUT2D eigenvalue weighted by Crippen LogP contribution is 2.43. The SMILES string of the molecule is C=CCNC(=O)C(=O)CNC(=O)[C@@H]1[C@H]2CC(C)(C)O[C@H]2CN1C(=O)[C@@H](NC(=O)N[C@H](C(=O)OC(C)(C)C)C(C)(C)C)C1CCCCC1. The summed E-state index contributed by atoms with van der Waals surface area (Å²) >= 11 is 0.